The maximum atomic E-state index is 12.6. The predicted molar refractivity (Wildman–Crippen MR) is 92.6 cm³/mol. The zero-order valence-electron chi connectivity index (χ0n) is 13.4. The summed E-state index contributed by atoms with van der Waals surface area (Å²) in [7, 11) is 0. The first-order valence-electron chi connectivity index (χ1n) is 7.91. The van der Waals surface area contributed by atoms with Crippen molar-refractivity contribution in [1.29, 1.82) is 0 Å². The van der Waals surface area contributed by atoms with Gasteiger partial charge in [0.2, 0.25) is 11.8 Å². The molecule has 0 aliphatic heterocycles. The summed E-state index contributed by atoms with van der Waals surface area (Å²) < 4.78 is 0. The van der Waals surface area contributed by atoms with Crippen molar-refractivity contribution in [3.63, 3.8) is 0 Å². The number of rotatable bonds is 5. The lowest BCUT2D eigenvalue weighted by molar-refractivity contribution is -0.129. The Labute approximate surface area is 146 Å². The Bertz CT molecular complexity index is 586. The summed E-state index contributed by atoms with van der Waals surface area (Å²) in [6.45, 7) is 3.31. The van der Waals surface area contributed by atoms with Gasteiger partial charge in [-0.05, 0) is 43.4 Å². The first kappa shape index (κ1) is 18.1. The molecule has 0 bridgehead atoms. The quantitative estimate of drug-likeness (QED) is 0.841. The normalized spacial score (nSPS) is 17.6. The topological polar surface area (TPSA) is 58.2 Å². The van der Waals surface area contributed by atoms with Crippen LogP contribution in [0.2, 0.25) is 10.0 Å². The van der Waals surface area contributed by atoms with Crippen LogP contribution in [0.5, 0.6) is 0 Å². The molecule has 2 atom stereocenters. The number of hydrogen-bond donors (Lipinski definition) is 2. The summed E-state index contributed by atoms with van der Waals surface area (Å²) in [6, 6.07) is 4.46. The molecule has 1 saturated carbocycles. The number of halogens is 2. The molecule has 4 nitrogen and oxygen atoms in total. The lowest BCUT2D eigenvalue weighted by atomic mass is 9.96. The molecular formula is C17H22Cl2N2O2. The minimum Gasteiger partial charge on any atom is -0.348 e. The van der Waals surface area contributed by atoms with E-state index in [4.69, 9.17) is 23.2 Å². The molecule has 126 valence electrons. The Hall–Kier alpha value is -1.26. The van der Waals surface area contributed by atoms with Gasteiger partial charge >= 0.3 is 0 Å². The van der Waals surface area contributed by atoms with E-state index in [1.54, 1.807) is 18.2 Å². The minimum absolute atomic E-state index is 0.161. The van der Waals surface area contributed by atoms with Gasteiger partial charge in [-0.3, -0.25) is 9.59 Å². The lowest BCUT2D eigenvalue weighted by Gasteiger charge is -2.25. The Morgan fingerprint density at radius 3 is 2.39 bits per heavy atom. The van der Waals surface area contributed by atoms with E-state index in [1.165, 1.54) is 6.92 Å². The highest BCUT2D eigenvalue weighted by Gasteiger charge is 2.32. The number of hydrogen-bond acceptors (Lipinski definition) is 2. The summed E-state index contributed by atoms with van der Waals surface area (Å²) in [5.41, 5.74) is 0.803. The van der Waals surface area contributed by atoms with Crippen LogP contribution in [0.15, 0.2) is 18.2 Å². The molecule has 0 aromatic heterocycles. The molecule has 0 saturated heterocycles. The van der Waals surface area contributed by atoms with Gasteiger partial charge in [0.25, 0.3) is 0 Å². The van der Waals surface area contributed by atoms with E-state index in [0.29, 0.717) is 10.0 Å². The summed E-state index contributed by atoms with van der Waals surface area (Å²) in [6.07, 6.45) is 4.14. The third-order valence-electron chi connectivity index (χ3n) is 4.30. The highest BCUT2D eigenvalue weighted by molar-refractivity contribution is 6.35. The summed E-state index contributed by atoms with van der Waals surface area (Å²) in [4.78, 5) is 24.1. The number of nitrogens with one attached hydrogen (secondary N) is 2. The highest BCUT2D eigenvalue weighted by atomic mass is 35.5. The van der Waals surface area contributed by atoms with Crippen LogP contribution in [0.3, 0.4) is 0 Å². The molecular weight excluding hydrogens is 335 g/mol. The van der Waals surface area contributed by atoms with E-state index in [0.717, 1.165) is 31.2 Å². The molecule has 0 spiro atoms. The first-order chi connectivity index (χ1) is 10.9. The smallest absolute Gasteiger partial charge is 0.243 e. The molecule has 1 aliphatic carbocycles. The van der Waals surface area contributed by atoms with Gasteiger partial charge in [-0.1, -0.05) is 42.1 Å². The van der Waals surface area contributed by atoms with Crippen molar-refractivity contribution < 1.29 is 9.59 Å². The molecule has 1 aromatic carbocycles. The van der Waals surface area contributed by atoms with Crippen LogP contribution in [0.1, 0.15) is 51.1 Å². The van der Waals surface area contributed by atoms with Gasteiger partial charge < -0.3 is 10.6 Å². The second kappa shape index (κ2) is 8.02. The van der Waals surface area contributed by atoms with Crippen molar-refractivity contribution in [1.82, 2.24) is 10.6 Å². The molecule has 2 amide bonds. The van der Waals surface area contributed by atoms with Gasteiger partial charge in [-0.25, -0.2) is 0 Å². The molecule has 0 heterocycles. The Balaban J connectivity index is 2.08. The second-order valence-corrected chi connectivity index (χ2v) is 6.96. The van der Waals surface area contributed by atoms with Crippen molar-refractivity contribution in [3.05, 3.63) is 33.8 Å². The van der Waals surface area contributed by atoms with Crippen LogP contribution in [0.4, 0.5) is 0 Å². The fourth-order valence-electron chi connectivity index (χ4n) is 3.14. The van der Waals surface area contributed by atoms with Crippen molar-refractivity contribution in [2.45, 2.75) is 51.6 Å². The zero-order chi connectivity index (χ0) is 17.0. The van der Waals surface area contributed by atoms with Gasteiger partial charge in [0.15, 0.2) is 0 Å². The standard InChI is InChI=1S/C17H22Cl2N2O2/c1-10(14-8-7-13(18)9-15(14)19)20-17(23)16(21-11(2)22)12-5-3-4-6-12/h7-10,12,16H,3-6H2,1-2H3,(H,20,23)(H,21,22). The summed E-state index contributed by atoms with van der Waals surface area (Å²) in [5.74, 6) is -0.147. The average Bonchev–Trinajstić information content (AvgIpc) is 2.98. The third-order valence-corrected chi connectivity index (χ3v) is 4.86. The van der Waals surface area contributed by atoms with Gasteiger partial charge in [0, 0.05) is 17.0 Å². The van der Waals surface area contributed by atoms with Gasteiger partial charge in [0.05, 0.1) is 6.04 Å². The second-order valence-electron chi connectivity index (χ2n) is 6.12. The highest BCUT2D eigenvalue weighted by Crippen LogP contribution is 2.29. The zero-order valence-corrected chi connectivity index (χ0v) is 14.9. The van der Waals surface area contributed by atoms with Gasteiger partial charge in [-0.15, -0.1) is 0 Å². The van der Waals surface area contributed by atoms with Crippen LogP contribution in [-0.2, 0) is 9.59 Å². The van der Waals surface area contributed by atoms with Crippen LogP contribution in [0, 0.1) is 5.92 Å². The molecule has 2 N–H and O–H groups in total. The van der Waals surface area contributed by atoms with Gasteiger partial charge in [-0.2, -0.15) is 0 Å². The van der Waals surface area contributed by atoms with Crippen molar-refractivity contribution in [2.24, 2.45) is 5.92 Å². The largest absolute Gasteiger partial charge is 0.348 e. The lowest BCUT2D eigenvalue weighted by Crippen LogP contribution is -2.50. The SMILES string of the molecule is CC(=O)NC(C(=O)NC(C)c1ccc(Cl)cc1Cl)C1CCCC1. The van der Waals surface area contributed by atoms with Gasteiger partial charge in [0.1, 0.15) is 6.04 Å². The molecule has 1 fully saturated rings. The molecule has 2 rings (SSSR count). The number of carbonyl (C=O) groups excluding carboxylic acids is 2. The monoisotopic (exact) mass is 356 g/mol. The number of amides is 2. The van der Waals surface area contributed by atoms with Crippen LogP contribution < -0.4 is 10.6 Å². The Morgan fingerprint density at radius 1 is 1.17 bits per heavy atom. The third kappa shape index (κ3) is 4.85. The maximum absolute atomic E-state index is 12.6. The molecule has 1 aromatic rings. The van der Waals surface area contributed by atoms with Crippen molar-refractivity contribution >= 4 is 35.0 Å². The predicted octanol–water partition coefficient (Wildman–Crippen LogP) is 3.87. The van der Waals surface area contributed by atoms with E-state index in [-0.39, 0.29) is 23.8 Å². The summed E-state index contributed by atoms with van der Waals surface area (Å²) in [5, 5.41) is 6.83. The molecule has 2 unspecified atom stereocenters. The maximum Gasteiger partial charge on any atom is 0.243 e. The fraction of sp³-hybridized carbons (Fsp3) is 0.529. The van der Waals surface area contributed by atoms with Crippen LogP contribution in [-0.4, -0.2) is 17.9 Å². The fourth-order valence-corrected chi connectivity index (χ4v) is 3.71. The van der Waals surface area contributed by atoms with E-state index < -0.39 is 6.04 Å². The Kier molecular flexibility index (Phi) is 6.31. The van der Waals surface area contributed by atoms with E-state index in [1.807, 2.05) is 6.92 Å². The van der Waals surface area contributed by atoms with Crippen LogP contribution >= 0.6 is 23.2 Å². The minimum atomic E-state index is -0.483. The molecule has 6 heteroatoms. The van der Waals surface area contributed by atoms with E-state index in [9.17, 15) is 9.59 Å². The first-order valence-corrected chi connectivity index (χ1v) is 8.66. The molecule has 23 heavy (non-hydrogen) atoms. The average molecular weight is 357 g/mol. The van der Waals surface area contributed by atoms with Crippen LogP contribution in [0.25, 0.3) is 0 Å². The van der Waals surface area contributed by atoms with Crippen molar-refractivity contribution in [3.8, 4) is 0 Å². The van der Waals surface area contributed by atoms with E-state index >= 15 is 0 Å². The van der Waals surface area contributed by atoms with E-state index in [2.05, 4.69) is 10.6 Å². The Morgan fingerprint density at radius 2 is 1.83 bits per heavy atom. The number of carbonyl (C=O) groups is 2. The summed E-state index contributed by atoms with van der Waals surface area (Å²) >= 11 is 12.1. The molecule has 1 aliphatic rings. The number of benzene rings is 1. The van der Waals surface area contributed by atoms with Crippen molar-refractivity contribution in [2.75, 3.05) is 0 Å². The molecule has 0 radical (unpaired) electrons.